The lowest BCUT2D eigenvalue weighted by molar-refractivity contribution is -0.175. The molecule has 0 bridgehead atoms. The van der Waals surface area contributed by atoms with Crippen molar-refractivity contribution < 1.29 is 19.8 Å². The number of rotatable bonds is 0. The molecule has 1 aliphatic carbocycles. The lowest BCUT2D eigenvalue weighted by Gasteiger charge is -2.19. The molecule has 4 atom stereocenters. The molecule has 0 aromatic heterocycles. The van der Waals surface area contributed by atoms with Crippen LogP contribution < -0.4 is 0 Å². The van der Waals surface area contributed by atoms with E-state index in [1.807, 2.05) is 0 Å². The predicted molar refractivity (Wildman–Crippen MR) is 42.4 cm³/mol. The molecule has 2 aliphatic rings. The van der Waals surface area contributed by atoms with Gasteiger partial charge in [-0.25, -0.2) is 5.06 Å². The Balaban J connectivity index is 2.13. The van der Waals surface area contributed by atoms with Gasteiger partial charge in [-0.15, -0.1) is 0 Å². The van der Waals surface area contributed by atoms with Crippen molar-refractivity contribution in [3.05, 3.63) is 0 Å². The van der Waals surface area contributed by atoms with Crippen LogP contribution in [0.15, 0.2) is 0 Å². The number of aliphatic hydroxyl groups is 2. The summed E-state index contributed by atoms with van der Waals surface area (Å²) in [7, 11) is 0. The van der Waals surface area contributed by atoms with Gasteiger partial charge >= 0.3 is 0 Å². The van der Waals surface area contributed by atoms with E-state index in [1.54, 1.807) is 0 Å². The van der Waals surface area contributed by atoms with E-state index in [1.165, 1.54) is 12.0 Å². The molecule has 1 amide bonds. The van der Waals surface area contributed by atoms with Crippen LogP contribution in [-0.2, 0) is 9.63 Å². The Kier molecular flexibility index (Phi) is 2.02. The van der Waals surface area contributed by atoms with Crippen molar-refractivity contribution in [3.63, 3.8) is 0 Å². The second-order valence-corrected chi connectivity index (χ2v) is 3.67. The zero-order valence-corrected chi connectivity index (χ0v) is 7.38. The average molecular weight is 187 g/mol. The van der Waals surface area contributed by atoms with E-state index in [0.717, 1.165) is 0 Å². The molecule has 1 saturated carbocycles. The summed E-state index contributed by atoms with van der Waals surface area (Å²) in [6.07, 6.45) is -1.07. The third kappa shape index (κ3) is 1.23. The smallest absolute Gasteiger partial charge is 0.243 e. The van der Waals surface area contributed by atoms with Gasteiger partial charge in [-0.2, -0.15) is 0 Å². The van der Waals surface area contributed by atoms with Crippen LogP contribution in [0.3, 0.4) is 0 Å². The SMILES string of the molecule is CC(=O)N1OC[C@@H]2[C@H](O)[C@H](O)C[C@@H]21. The van der Waals surface area contributed by atoms with E-state index in [0.29, 0.717) is 13.0 Å². The Morgan fingerprint density at radius 2 is 2.23 bits per heavy atom. The fourth-order valence-electron chi connectivity index (χ4n) is 2.14. The first kappa shape index (κ1) is 8.93. The highest BCUT2D eigenvalue weighted by molar-refractivity contribution is 5.72. The summed E-state index contributed by atoms with van der Waals surface area (Å²) in [5.41, 5.74) is 0. The van der Waals surface area contributed by atoms with Crippen molar-refractivity contribution in [3.8, 4) is 0 Å². The number of hydrogen-bond acceptors (Lipinski definition) is 4. The van der Waals surface area contributed by atoms with Gasteiger partial charge in [0.05, 0.1) is 24.9 Å². The van der Waals surface area contributed by atoms with Crippen LogP contribution >= 0.6 is 0 Å². The molecule has 1 heterocycles. The van der Waals surface area contributed by atoms with Crippen molar-refractivity contribution >= 4 is 5.91 Å². The van der Waals surface area contributed by atoms with E-state index < -0.39 is 12.2 Å². The number of nitrogens with zero attached hydrogens (tertiary/aromatic N) is 1. The first-order valence-corrected chi connectivity index (χ1v) is 4.40. The monoisotopic (exact) mass is 187 g/mol. The van der Waals surface area contributed by atoms with Crippen molar-refractivity contribution in [2.45, 2.75) is 31.6 Å². The van der Waals surface area contributed by atoms with E-state index in [4.69, 9.17) is 4.84 Å². The van der Waals surface area contributed by atoms with Crippen LogP contribution in [0.4, 0.5) is 0 Å². The number of hydroxylamine groups is 2. The van der Waals surface area contributed by atoms with Crippen molar-refractivity contribution in [2.75, 3.05) is 6.61 Å². The molecule has 1 aliphatic heterocycles. The van der Waals surface area contributed by atoms with Crippen LogP contribution in [0.5, 0.6) is 0 Å². The average Bonchev–Trinajstić information content (AvgIpc) is 2.55. The summed E-state index contributed by atoms with van der Waals surface area (Å²) >= 11 is 0. The molecular weight excluding hydrogens is 174 g/mol. The number of aliphatic hydroxyl groups excluding tert-OH is 2. The molecule has 5 nitrogen and oxygen atoms in total. The second kappa shape index (κ2) is 2.94. The highest BCUT2D eigenvalue weighted by Crippen LogP contribution is 2.35. The van der Waals surface area contributed by atoms with Crippen LogP contribution in [0, 0.1) is 5.92 Å². The van der Waals surface area contributed by atoms with E-state index in [-0.39, 0.29) is 17.9 Å². The van der Waals surface area contributed by atoms with Crippen molar-refractivity contribution in [1.29, 1.82) is 0 Å². The van der Waals surface area contributed by atoms with Crippen LogP contribution in [0.1, 0.15) is 13.3 Å². The zero-order chi connectivity index (χ0) is 9.59. The highest BCUT2D eigenvalue weighted by Gasteiger charge is 2.50. The molecule has 5 heteroatoms. The largest absolute Gasteiger partial charge is 0.390 e. The first-order chi connectivity index (χ1) is 6.11. The lowest BCUT2D eigenvalue weighted by Crippen LogP contribution is -2.34. The van der Waals surface area contributed by atoms with Crippen molar-refractivity contribution in [1.82, 2.24) is 5.06 Å². The van der Waals surface area contributed by atoms with E-state index >= 15 is 0 Å². The van der Waals surface area contributed by atoms with Crippen LogP contribution in [0.25, 0.3) is 0 Å². The standard InChI is InChI=1S/C8H13NO4/c1-4(10)9-6-2-7(11)8(12)5(6)3-13-9/h5-8,11-12H,2-3H2,1H3/t5-,6-,7+,8-/m0/s1. The molecule has 0 aromatic carbocycles. The van der Waals surface area contributed by atoms with Gasteiger partial charge in [-0.3, -0.25) is 9.63 Å². The van der Waals surface area contributed by atoms with Gasteiger partial charge < -0.3 is 10.2 Å². The third-order valence-corrected chi connectivity index (χ3v) is 2.83. The summed E-state index contributed by atoms with van der Waals surface area (Å²) < 4.78 is 0. The molecule has 2 rings (SSSR count). The summed E-state index contributed by atoms with van der Waals surface area (Å²) in [6, 6.07) is -0.150. The first-order valence-electron chi connectivity index (χ1n) is 4.40. The van der Waals surface area contributed by atoms with Gasteiger partial charge in [0.15, 0.2) is 0 Å². The van der Waals surface area contributed by atoms with E-state index in [9.17, 15) is 15.0 Å². The molecule has 0 unspecified atom stereocenters. The van der Waals surface area contributed by atoms with Crippen LogP contribution in [-0.4, -0.2) is 46.0 Å². The van der Waals surface area contributed by atoms with Crippen molar-refractivity contribution in [2.24, 2.45) is 5.92 Å². The maximum Gasteiger partial charge on any atom is 0.243 e. The predicted octanol–water partition coefficient (Wildman–Crippen LogP) is -1.11. The number of amides is 1. The summed E-state index contributed by atoms with van der Waals surface area (Å²) in [5, 5.41) is 20.1. The molecule has 1 saturated heterocycles. The highest BCUT2D eigenvalue weighted by atomic mass is 16.7. The maximum atomic E-state index is 11.0. The molecular formula is C8H13NO4. The minimum atomic E-state index is -0.755. The van der Waals surface area contributed by atoms with Gasteiger partial charge in [-0.05, 0) is 6.42 Å². The molecule has 0 aromatic rings. The summed E-state index contributed by atoms with van der Waals surface area (Å²) in [4.78, 5) is 16.2. The third-order valence-electron chi connectivity index (χ3n) is 2.83. The minimum Gasteiger partial charge on any atom is -0.390 e. The molecule has 0 spiro atoms. The number of fused-ring (bicyclic) bond motifs is 1. The quantitative estimate of drug-likeness (QED) is 0.504. The number of hydrogen-bond donors (Lipinski definition) is 2. The number of carbonyl (C=O) groups excluding carboxylic acids is 1. The topological polar surface area (TPSA) is 70.0 Å². The molecule has 2 fully saturated rings. The number of carbonyl (C=O) groups is 1. The molecule has 2 N–H and O–H groups in total. The zero-order valence-electron chi connectivity index (χ0n) is 7.38. The van der Waals surface area contributed by atoms with E-state index in [2.05, 4.69) is 0 Å². The lowest BCUT2D eigenvalue weighted by atomic mass is 10.0. The second-order valence-electron chi connectivity index (χ2n) is 3.67. The van der Waals surface area contributed by atoms with Gasteiger partial charge in [0.25, 0.3) is 0 Å². The molecule has 74 valence electrons. The van der Waals surface area contributed by atoms with Gasteiger partial charge in [0, 0.05) is 12.8 Å². The summed E-state index contributed by atoms with van der Waals surface area (Å²) in [5.74, 6) is -0.298. The molecule has 13 heavy (non-hydrogen) atoms. The fourth-order valence-corrected chi connectivity index (χ4v) is 2.14. The van der Waals surface area contributed by atoms with Gasteiger partial charge in [0.1, 0.15) is 0 Å². The Hall–Kier alpha value is -0.650. The Morgan fingerprint density at radius 3 is 2.85 bits per heavy atom. The van der Waals surface area contributed by atoms with Crippen LogP contribution in [0.2, 0.25) is 0 Å². The Bertz CT molecular complexity index is 232. The fraction of sp³-hybridized carbons (Fsp3) is 0.875. The Labute approximate surface area is 75.9 Å². The minimum absolute atomic E-state index is 0.126. The van der Waals surface area contributed by atoms with Gasteiger partial charge in [-0.1, -0.05) is 0 Å². The molecule has 0 radical (unpaired) electrons. The normalized spacial score (nSPS) is 43.8. The Morgan fingerprint density at radius 1 is 1.54 bits per heavy atom. The summed E-state index contributed by atoms with van der Waals surface area (Å²) in [6.45, 7) is 1.74. The van der Waals surface area contributed by atoms with Gasteiger partial charge in [0.2, 0.25) is 5.91 Å². The maximum absolute atomic E-state index is 11.0.